The van der Waals surface area contributed by atoms with Crippen LogP contribution in [0, 0.1) is 11.3 Å². The summed E-state index contributed by atoms with van der Waals surface area (Å²) >= 11 is 0. The number of carbonyl (C=O) groups excluding carboxylic acids is 2. The fourth-order valence-electron chi connectivity index (χ4n) is 1.78. The smallest absolute Gasteiger partial charge is 0.322 e. The number of urea groups is 1. The van der Waals surface area contributed by atoms with Gasteiger partial charge in [0.05, 0.1) is 17.4 Å². The van der Waals surface area contributed by atoms with Gasteiger partial charge in [-0.1, -0.05) is 12.1 Å². The van der Waals surface area contributed by atoms with Gasteiger partial charge in [0.2, 0.25) is 5.91 Å². The number of carbonyl (C=O) groups is 2. The Morgan fingerprint density at radius 3 is 2.94 bits per heavy atom. The van der Waals surface area contributed by atoms with Gasteiger partial charge in [-0.15, -0.1) is 0 Å². The van der Waals surface area contributed by atoms with Crippen LogP contribution in [0.5, 0.6) is 0 Å². The fraction of sp³-hybridized carbons (Fsp3) is 0.250. The van der Waals surface area contributed by atoms with Crippen LogP contribution in [0.15, 0.2) is 24.3 Å². The van der Waals surface area contributed by atoms with Gasteiger partial charge in [-0.2, -0.15) is 5.26 Å². The molecule has 1 aromatic rings. The Balaban J connectivity index is 2.23. The van der Waals surface area contributed by atoms with Crippen molar-refractivity contribution in [2.75, 3.05) is 23.3 Å². The van der Waals surface area contributed by atoms with Crippen LogP contribution in [-0.2, 0) is 4.79 Å². The van der Waals surface area contributed by atoms with Crippen molar-refractivity contribution in [3.8, 4) is 6.07 Å². The summed E-state index contributed by atoms with van der Waals surface area (Å²) in [5.74, 6) is -0.385. The molecule has 0 bridgehead atoms. The summed E-state index contributed by atoms with van der Waals surface area (Å²) < 4.78 is 0. The molecule has 6 heteroatoms. The van der Waals surface area contributed by atoms with Crippen LogP contribution in [0.1, 0.15) is 6.42 Å². The molecule has 92 valence electrons. The molecule has 3 amide bonds. The zero-order chi connectivity index (χ0) is 13.0. The second kappa shape index (κ2) is 5.19. The molecule has 1 aliphatic heterocycles. The summed E-state index contributed by atoms with van der Waals surface area (Å²) in [6, 6.07) is 8.61. The van der Waals surface area contributed by atoms with Crippen molar-refractivity contribution < 1.29 is 9.59 Å². The average Bonchev–Trinajstić information content (AvgIpc) is 2.76. The van der Waals surface area contributed by atoms with E-state index in [2.05, 4.69) is 10.6 Å². The van der Waals surface area contributed by atoms with Gasteiger partial charge in [-0.25, -0.2) is 4.79 Å². The lowest BCUT2D eigenvalue weighted by molar-refractivity contribution is -0.115. The highest BCUT2D eigenvalue weighted by Gasteiger charge is 2.23. The monoisotopic (exact) mass is 244 g/mol. The van der Waals surface area contributed by atoms with E-state index in [0.29, 0.717) is 24.5 Å². The van der Waals surface area contributed by atoms with Gasteiger partial charge >= 0.3 is 6.03 Å². The number of para-hydroxylation sites is 2. The highest BCUT2D eigenvalue weighted by molar-refractivity contribution is 6.01. The van der Waals surface area contributed by atoms with Crippen molar-refractivity contribution >= 4 is 23.3 Å². The Bertz CT molecular complexity index is 521. The second-order valence-electron chi connectivity index (χ2n) is 3.78. The maximum atomic E-state index is 11.6. The molecule has 18 heavy (non-hydrogen) atoms. The highest BCUT2D eigenvalue weighted by atomic mass is 16.2. The molecule has 1 heterocycles. The van der Waals surface area contributed by atoms with Gasteiger partial charge in [0.15, 0.2) is 0 Å². The van der Waals surface area contributed by atoms with E-state index >= 15 is 0 Å². The number of hydrogen-bond donors (Lipinski definition) is 2. The fourth-order valence-corrected chi connectivity index (χ4v) is 1.78. The number of benzene rings is 1. The summed E-state index contributed by atoms with van der Waals surface area (Å²) in [4.78, 5) is 24.6. The number of anilines is 2. The lowest BCUT2D eigenvalue weighted by atomic mass is 10.2. The molecule has 0 aliphatic carbocycles. The number of nitrogens with one attached hydrogen (secondary N) is 2. The van der Waals surface area contributed by atoms with Crippen LogP contribution in [-0.4, -0.2) is 25.0 Å². The summed E-state index contributed by atoms with van der Waals surface area (Å²) in [6.07, 6.45) is -0.208. The van der Waals surface area contributed by atoms with Crippen molar-refractivity contribution in [3.05, 3.63) is 24.3 Å². The van der Waals surface area contributed by atoms with E-state index in [1.807, 2.05) is 0 Å². The summed E-state index contributed by atoms with van der Waals surface area (Å²) in [5.41, 5.74) is 1.17. The van der Waals surface area contributed by atoms with Crippen molar-refractivity contribution in [1.29, 1.82) is 5.26 Å². The van der Waals surface area contributed by atoms with Crippen molar-refractivity contribution in [2.24, 2.45) is 0 Å². The molecule has 6 nitrogen and oxygen atoms in total. The first-order chi connectivity index (χ1) is 8.72. The number of nitrogens with zero attached hydrogens (tertiary/aromatic N) is 2. The van der Waals surface area contributed by atoms with Crippen LogP contribution in [0.4, 0.5) is 16.2 Å². The molecule has 0 aromatic heterocycles. The van der Waals surface area contributed by atoms with Crippen LogP contribution in [0.25, 0.3) is 0 Å². The number of rotatable bonds is 3. The summed E-state index contributed by atoms with van der Waals surface area (Å²) in [5, 5.41) is 13.8. The lowest BCUT2D eigenvalue weighted by Gasteiger charge is -2.18. The molecule has 0 unspecified atom stereocenters. The Labute approximate surface area is 104 Å². The zero-order valence-corrected chi connectivity index (χ0v) is 9.64. The molecule has 1 aliphatic rings. The first-order valence-electron chi connectivity index (χ1n) is 5.53. The van der Waals surface area contributed by atoms with Gasteiger partial charge in [0.25, 0.3) is 0 Å². The Morgan fingerprint density at radius 2 is 2.28 bits per heavy atom. The number of hydrogen-bond acceptors (Lipinski definition) is 3. The third-order valence-corrected chi connectivity index (χ3v) is 2.57. The van der Waals surface area contributed by atoms with Crippen LogP contribution in [0.2, 0.25) is 0 Å². The quantitative estimate of drug-likeness (QED) is 0.833. The average molecular weight is 244 g/mol. The zero-order valence-electron chi connectivity index (χ0n) is 9.64. The second-order valence-corrected chi connectivity index (χ2v) is 3.78. The van der Waals surface area contributed by atoms with E-state index in [1.165, 1.54) is 0 Å². The predicted molar refractivity (Wildman–Crippen MR) is 66.0 cm³/mol. The Morgan fingerprint density at radius 1 is 1.50 bits per heavy atom. The van der Waals surface area contributed by atoms with E-state index in [4.69, 9.17) is 5.26 Å². The van der Waals surface area contributed by atoms with E-state index < -0.39 is 0 Å². The SMILES string of the molecule is N#CCC(=O)Nc1ccccc1N1CCNC1=O. The molecule has 1 saturated heterocycles. The number of nitriles is 1. The van der Waals surface area contributed by atoms with E-state index in [9.17, 15) is 9.59 Å². The molecule has 0 radical (unpaired) electrons. The van der Waals surface area contributed by atoms with Crippen LogP contribution in [0.3, 0.4) is 0 Å². The Kier molecular flexibility index (Phi) is 3.44. The molecular weight excluding hydrogens is 232 g/mol. The largest absolute Gasteiger partial charge is 0.336 e. The molecule has 0 saturated carbocycles. The topological polar surface area (TPSA) is 85.2 Å². The van der Waals surface area contributed by atoms with Gasteiger partial charge in [-0.3, -0.25) is 9.69 Å². The molecule has 2 N–H and O–H groups in total. The standard InChI is InChI=1S/C12H12N4O2/c13-6-5-11(17)15-9-3-1-2-4-10(9)16-8-7-14-12(16)18/h1-4H,5,7-8H2,(H,14,18)(H,15,17). The molecule has 0 spiro atoms. The minimum absolute atomic E-state index is 0.183. The molecule has 1 fully saturated rings. The van der Waals surface area contributed by atoms with Crippen LogP contribution < -0.4 is 15.5 Å². The normalized spacial score (nSPS) is 13.9. The lowest BCUT2D eigenvalue weighted by Crippen LogP contribution is -2.28. The van der Waals surface area contributed by atoms with Gasteiger partial charge in [0, 0.05) is 13.1 Å². The minimum Gasteiger partial charge on any atom is -0.336 e. The van der Waals surface area contributed by atoms with Crippen molar-refractivity contribution in [2.45, 2.75) is 6.42 Å². The van der Waals surface area contributed by atoms with E-state index in [0.717, 1.165) is 0 Å². The van der Waals surface area contributed by atoms with Crippen molar-refractivity contribution in [1.82, 2.24) is 5.32 Å². The first kappa shape index (κ1) is 11.9. The molecule has 1 aromatic carbocycles. The molecule has 0 atom stereocenters. The predicted octanol–water partition coefficient (Wildman–Crippen LogP) is 1.07. The Hall–Kier alpha value is -2.55. The molecular formula is C12H12N4O2. The van der Waals surface area contributed by atoms with Gasteiger partial charge in [-0.05, 0) is 12.1 Å². The molecule has 2 rings (SSSR count). The van der Waals surface area contributed by atoms with Crippen LogP contribution >= 0.6 is 0 Å². The maximum Gasteiger partial charge on any atom is 0.322 e. The van der Waals surface area contributed by atoms with E-state index in [-0.39, 0.29) is 18.4 Å². The van der Waals surface area contributed by atoms with Crippen molar-refractivity contribution in [3.63, 3.8) is 0 Å². The first-order valence-corrected chi connectivity index (χ1v) is 5.53. The van der Waals surface area contributed by atoms with Gasteiger partial charge in [0.1, 0.15) is 6.42 Å². The summed E-state index contributed by atoms with van der Waals surface area (Å²) in [6.45, 7) is 1.14. The minimum atomic E-state index is -0.385. The highest BCUT2D eigenvalue weighted by Crippen LogP contribution is 2.26. The third-order valence-electron chi connectivity index (χ3n) is 2.57. The van der Waals surface area contributed by atoms with E-state index in [1.54, 1.807) is 35.2 Å². The number of amides is 3. The third kappa shape index (κ3) is 2.40. The summed E-state index contributed by atoms with van der Waals surface area (Å²) in [7, 11) is 0. The maximum absolute atomic E-state index is 11.6. The van der Waals surface area contributed by atoms with Gasteiger partial charge < -0.3 is 10.6 Å².